The monoisotopic (exact) mass is 510 g/mol. The van der Waals surface area contributed by atoms with Gasteiger partial charge >= 0.3 is 12.1 Å². The molecule has 7 heteroatoms. The van der Waals surface area contributed by atoms with Gasteiger partial charge in [0.05, 0.1) is 5.54 Å². The van der Waals surface area contributed by atoms with E-state index in [1.807, 2.05) is 25.7 Å². The average molecular weight is 511 g/mol. The van der Waals surface area contributed by atoms with E-state index in [1.54, 1.807) is 0 Å². The van der Waals surface area contributed by atoms with E-state index in [1.165, 1.54) is 18.4 Å². The van der Waals surface area contributed by atoms with Crippen LogP contribution in [0.4, 0.5) is 9.59 Å². The number of carbonyl (C=O) groups excluding carboxylic acids is 2. The van der Waals surface area contributed by atoms with Gasteiger partial charge in [0.1, 0.15) is 5.60 Å². The molecule has 0 radical (unpaired) electrons. The minimum atomic E-state index is -0.489. The molecule has 204 valence electrons. The first-order valence-corrected chi connectivity index (χ1v) is 14.3. The molecular weight excluding hydrogens is 464 g/mol. The Balaban J connectivity index is 1.30. The van der Waals surface area contributed by atoms with Crippen LogP contribution < -0.4 is 0 Å². The second-order valence-electron chi connectivity index (χ2n) is 13.2. The molecule has 1 spiro atoms. The Hall–Kier alpha value is -2.28. The van der Waals surface area contributed by atoms with Crippen LogP contribution in [0.15, 0.2) is 30.3 Å². The largest absolute Gasteiger partial charge is 0.444 e. The Morgan fingerprint density at radius 3 is 2.16 bits per heavy atom. The molecule has 4 aliphatic rings. The minimum absolute atomic E-state index is 0.0208. The summed E-state index contributed by atoms with van der Waals surface area (Å²) in [6.45, 7) is 8.75. The lowest BCUT2D eigenvalue weighted by atomic mass is 9.68. The van der Waals surface area contributed by atoms with E-state index in [2.05, 4.69) is 59.1 Å². The van der Waals surface area contributed by atoms with E-state index in [4.69, 9.17) is 4.74 Å². The first-order valence-electron chi connectivity index (χ1n) is 14.3. The number of hydrogen-bond donors (Lipinski definition) is 0. The van der Waals surface area contributed by atoms with Crippen molar-refractivity contribution in [1.82, 2.24) is 19.6 Å². The lowest BCUT2D eigenvalue weighted by Crippen LogP contribution is -2.55. The lowest BCUT2D eigenvalue weighted by Gasteiger charge is -2.51. The normalized spacial score (nSPS) is 29.5. The van der Waals surface area contributed by atoms with Crippen molar-refractivity contribution < 1.29 is 14.3 Å². The van der Waals surface area contributed by atoms with Crippen LogP contribution in [0.1, 0.15) is 77.7 Å². The van der Waals surface area contributed by atoms with E-state index >= 15 is 0 Å². The van der Waals surface area contributed by atoms with Crippen LogP contribution in [0, 0.1) is 5.92 Å². The predicted molar refractivity (Wildman–Crippen MR) is 145 cm³/mol. The summed E-state index contributed by atoms with van der Waals surface area (Å²) in [6, 6.07) is 11.4. The summed E-state index contributed by atoms with van der Waals surface area (Å²) in [5.41, 5.74) is 0.847. The van der Waals surface area contributed by atoms with E-state index in [-0.39, 0.29) is 29.2 Å². The Morgan fingerprint density at radius 2 is 1.62 bits per heavy atom. The summed E-state index contributed by atoms with van der Waals surface area (Å²) in [7, 11) is 4.41. The SMILES string of the molecule is CN(C)[C@]1(c2ccccc2)CC[C@@]2(CC1)CN(C1CCN(C(=O)OC(C)(C)C)CC1)C(=O)N2CC1CC1. The van der Waals surface area contributed by atoms with Gasteiger partial charge in [-0.1, -0.05) is 30.3 Å². The maximum Gasteiger partial charge on any atom is 0.410 e. The van der Waals surface area contributed by atoms with Gasteiger partial charge in [-0.2, -0.15) is 0 Å². The third kappa shape index (κ3) is 5.21. The van der Waals surface area contributed by atoms with E-state index < -0.39 is 5.60 Å². The summed E-state index contributed by atoms with van der Waals surface area (Å²) in [5, 5.41) is 0. The molecule has 2 saturated heterocycles. The topological polar surface area (TPSA) is 56.3 Å². The van der Waals surface area contributed by atoms with Gasteiger partial charge in [0.2, 0.25) is 0 Å². The van der Waals surface area contributed by atoms with Gasteiger partial charge in [-0.3, -0.25) is 4.90 Å². The van der Waals surface area contributed by atoms with Crippen molar-refractivity contribution in [1.29, 1.82) is 0 Å². The van der Waals surface area contributed by atoms with Crippen LogP contribution in [-0.2, 0) is 10.3 Å². The Morgan fingerprint density at radius 1 is 1.00 bits per heavy atom. The van der Waals surface area contributed by atoms with Gasteiger partial charge < -0.3 is 19.4 Å². The molecule has 0 N–H and O–H groups in total. The zero-order chi connectivity index (χ0) is 26.4. The highest BCUT2D eigenvalue weighted by atomic mass is 16.6. The maximum atomic E-state index is 13.9. The summed E-state index contributed by atoms with van der Waals surface area (Å²) in [5.74, 6) is 0.671. The quantitative estimate of drug-likeness (QED) is 0.539. The Labute approximate surface area is 223 Å². The minimum Gasteiger partial charge on any atom is -0.444 e. The van der Waals surface area contributed by atoms with Crippen LogP contribution in [0.25, 0.3) is 0 Å². The molecule has 2 aliphatic carbocycles. The molecule has 2 saturated carbocycles. The Kier molecular flexibility index (Phi) is 6.97. The molecule has 0 unspecified atom stereocenters. The molecule has 1 aromatic rings. The molecule has 5 rings (SSSR count). The van der Waals surface area contributed by atoms with Crippen molar-refractivity contribution in [2.45, 2.75) is 94.9 Å². The zero-order valence-electron chi connectivity index (χ0n) is 23.5. The molecule has 0 bridgehead atoms. The standard InChI is InChI=1S/C30H46N4O3/c1-28(2,3)37-27(36)32-19-13-25(14-20-32)33-22-29(34(26(33)35)21-23-11-12-23)15-17-30(18-16-29,31(4)5)24-9-7-6-8-10-24/h6-10,23,25H,11-22H2,1-5H3/t29-,30-. The summed E-state index contributed by atoms with van der Waals surface area (Å²) in [6.07, 6.45) is 8.09. The van der Waals surface area contributed by atoms with E-state index in [9.17, 15) is 9.59 Å². The highest BCUT2D eigenvalue weighted by Crippen LogP contribution is 2.50. The molecule has 3 amide bonds. The van der Waals surface area contributed by atoms with E-state index in [0.29, 0.717) is 19.0 Å². The zero-order valence-corrected chi connectivity index (χ0v) is 23.5. The molecule has 1 aromatic carbocycles. The molecule has 0 atom stereocenters. The number of piperidine rings is 1. The van der Waals surface area contributed by atoms with Gasteiger partial charge in [0.25, 0.3) is 0 Å². The van der Waals surface area contributed by atoms with E-state index in [0.717, 1.165) is 51.6 Å². The molecular formula is C30H46N4O3. The number of nitrogens with zero attached hydrogens (tertiary/aromatic N) is 4. The third-order valence-corrected chi connectivity index (χ3v) is 9.38. The summed E-state index contributed by atoms with van der Waals surface area (Å²) < 4.78 is 5.59. The number of urea groups is 1. The number of rotatable bonds is 5. The molecule has 37 heavy (non-hydrogen) atoms. The molecule has 4 fully saturated rings. The first-order chi connectivity index (χ1) is 17.5. The summed E-state index contributed by atoms with van der Waals surface area (Å²) in [4.78, 5) is 35.2. The number of amides is 3. The van der Waals surface area contributed by atoms with Gasteiger partial charge in [0.15, 0.2) is 0 Å². The van der Waals surface area contributed by atoms with Crippen LogP contribution in [0.3, 0.4) is 0 Å². The lowest BCUT2D eigenvalue weighted by molar-refractivity contribution is 0.0144. The van der Waals surface area contributed by atoms with Crippen molar-refractivity contribution in [3.63, 3.8) is 0 Å². The molecule has 7 nitrogen and oxygen atoms in total. The second kappa shape index (κ2) is 9.79. The van der Waals surface area contributed by atoms with Crippen molar-refractivity contribution in [3.8, 4) is 0 Å². The number of likely N-dealkylation sites (tertiary alicyclic amines) is 1. The van der Waals surface area contributed by atoms with Crippen LogP contribution in [0.2, 0.25) is 0 Å². The van der Waals surface area contributed by atoms with Crippen molar-refractivity contribution >= 4 is 12.1 Å². The van der Waals surface area contributed by atoms with Gasteiger partial charge in [-0.25, -0.2) is 9.59 Å². The van der Waals surface area contributed by atoms with Crippen molar-refractivity contribution in [3.05, 3.63) is 35.9 Å². The number of carbonyl (C=O) groups is 2. The number of benzene rings is 1. The van der Waals surface area contributed by atoms with Gasteiger partial charge in [-0.05, 0) is 97.7 Å². The third-order valence-electron chi connectivity index (χ3n) is 9.38. The van der Waals surface area contributed by atoms with Crippen molar-refractivity contribution in [2.75, 3.05) is 40.3 Å². The molecule has 0 aromatic heterocycles. The fourth-order valence-corrected chi connectivity index (χ4v) is 6.93. The average Bonchev–Trinajstić information content (AvgIpc) is 3.65. The number of hydrogen-bond acceptors (Lipinski definition) is 4. The van der Waals surface area contributed by atoms with Crippen molar-refractivity contribution in [2.24, 2.45) is 5.92 Å². The molecule has 2 heterocycles. The predicted octanol–water partition coefficient (Wildman–Crippen LogP) is 5.30. The van der Waals surface area contributed by atoms with Crippen LogP contribution in [0.5, 0.6) is 0 Å². The highest BCUT2D eigenvalue weighted by Gasteiger charge is 2.56. The molecule has 2 aliphatic heterocycles. The smallest absolute Gasteiger partial charge is 0.410 e. The number of ether oxygens (including phenoxy) is 1. The van der Waals surface area contributed by atoms with Crippen LogP contribution in [-0.4, -0.2) is 89.2 Å². The fraction of sp³-hybridized carbons (Fsp3) is 0.733. The first kappa shape index (κ1) is 26.3. The van der Waals surface area contributed by atoms with Gasteiger partial charge in [0, 0.05) is 37.8 Å². The van der Waals surface area contributed by atoms with Gasteiger partial charge in [-0.15, -0.1) is 0 Å². The second-order valence-corrected chi connectivity index (χ2v) is 13.2. The van der Waals surface area contributed by atoms with Crippen LogP contribution >= 0.6 is 0 Å². The summed E-state index contributed by atoms with van der Waals surface area (Å²) >= 11 is 0. The maximum absolute atomic E-state index is 13.9. The Bertz CT molecular complexity index is 968. The highest BCUT2D eigenvalue weighted by molar-refractivity contribution is 5.79. The fourth-order valence-electron chi connectivity index (χ4n) is 6.93.